The molecule has 0 unspecified atom stereocenters. The van der Waals surface area contributed by atoms with Gasteiger partial charge >= 0.3 is 0 Å². The number of rotatable bonds is 4. The van der Waals surface area contributed by atoms with E-state index in [1.807, 2.05) is 25.1 Å². The van der Waals surface area contributed by atoms with Gasteiger partial charge in [0.15, 0.2) is 0 Å². The van der Waals surface area contributed by atoms with Gasteiger partial charge in [0.05, 0.1) is 10.6 Å². The number of halogens is 2. The van der Waals surface area contributed by atoms with Crippen LogP contribution >= 0.6 is 31.9 Å². The number of anilines is 1. The van der Waals surface area contributed by atoms with Crippen LogP contribution in [0.2, 0.25) is 0 Å². The second-order valence-electron chi connectivity index (χ2n) is 5.08. The van der Waals surface area contributed by atoms with E-state index in [0.29, 0.717) is 20.2 Å². The average molecular weight is 465 g/mol. The number of nitrogens with one attached hydrogen (secondary N) is 1. The van der Waals surface area contributed by atoms with Gasteiger partial charge in [-0.15, -0.1) is 0 Å². The van der Waals surface area contributed by atoms with Gasteiger partial charge in [-0.25, -0.2) is 0 Å². The fourth-order valence-electron chi connectivity index (χ4n) is 2.04. The normalized spacial score (nSPS) is 10.9. The minimum atomic E-state index is -0.612. The first-order valence-corrected chi connectivity index (χ1v) is 8.53. The Labute approximate surface area is 160 Å². The van der Waals surface area contributed by atoms with Crippen LogP contribution in [0, 0.1) is 28.4 Å². The van der Waals surface area contributed by atoms with Crippen LogP contribution in [0.15, 0.2) is 50.9 Å². The molecule has 0 radical (unpaired) electrons. The maximum Gasteiger partial charge on any atom is 0.270 e. The molecule has 0 aliphatic carbocycles. The molecule has 0 heterocycles. The molecule has 0 saturated carbocycles. The molecule has 2 aromatic rings. The van der Waals surface area contributed by atoms with E-state index in [2.05, 4.69) is 37.2 Å². The number of nitro groups is 1. The fourth-order valence-corrected chi connectivity index (χ4v) is 3.66. The molecule has 0 atom stereocenters. The maximum atomic E-state index is 12.4. The zero-order chi connectivity index (χ0) is 18.6. The molecule has 25 heavy (non-hydrogen) atoms. The van der Waals surface area contributed by atoms with E-state index in [1.54, 1.807) is 6.07 Å². The summed E-state index contributed by atoms with van der Waals surface area (Å²) in [4.78, 5) is 22.7. The molecule has 0 saturated heterocycles. The molecule has 2 rings (SSSR count). The molecule has 6 nitrogen and oxygen atoms in total. The van der Waals surface area contributed by atoms with Gasteiger partial charge in [0.1, 0.15) is 11.6 Å². The first kappa shape index (κ1) is 18.8. The number of amides is 1. The molecule has 0 bridgehead atoms. The van der Waals surface area contributed by atoms with E-state index < -0.39 is 10.8 Å². The summed E-state index contributed by atoms with van der Waals surface area (Å²) in [6, 6.07) is 11.2. The van der Waals surface area contributed by atoms with Crippen molar-refractivity contribution < 1.29 is 9.72 Å². The number of hydrogen-bond acceptors (Lipinski definition) is 4. The lowest BCUT2D eigenvalue weighted by atomic mass is 10.1. The topological polar surface area (TPSA) is 96.0 Å². The number of nitro benzene ring substituents is 1. The van der Waals surface area contributed by atoms with Crippen LogP contribution in [-0.2, 0) is 4.79 Å². The van der Waals surface area contributed by atoms with Gasteiger partial charge < -0.3 is 5.32 Å². The van der Waals surface area contributed by atoms with Crippen LogP contribution in [0.3, 0.4) is 0 Å². The molecule has 1 N–H and O–H groups in total. The monoisotopic (exact) mass is 463 g/mol. The van der Waals surface area contributed by atoms with Gasteiger partial charge in [-0.05, 0) is 68.1 Å². The predicted molar refractivity (Wildman–Crippen MR) is 102 cm³/mol. The Hall–Kier alpha value is -2.50. The molecule has 2 aromatic carbocycles. The average Bonchev–Trinajstić information content (AvgIpc) is 2.55. The fraction of sp³-hybridized carbons (Fsp3) is 0.0588. The second-order valence-corrected chi connectivity index (χ2v) is 6.79. The van der Waals surface area contributed by atoms with Gasteiger partial charge in [-0.3, -0.25) is 14.9 Å². The molecule has 126 valence electrons. The number of carbonyl (C=O) groups excluding carboxylic acids is 1. The van der Waals surface area contributed by atoms with Crippen LogP contribution in [-0.4, -0.2) is 10.8 Å². The summed E-state index contributed by atoms with van der Waals surface area (Å²) in [6.07, 6.45) is 1.30. The van der Waals surface area contributed by atoms with Crippen LogP contribution in [0.5, 0.6) is 0 Å². The van der Waals surface area contributed by atoms with E-state index in [0.717, 1.165) is 5.56 Å². The molecular weight excluding hydrogens is 454 g/mol. The van der Waals surface area contributed by atoms with E-state index >= 15 is 0 Å². The van der Waals surface area contributed by atoms with E-state index in [1.165, 1.54) is 24.3 Å². The number of aryl methyl sites for hydroxylation is 1. The number of nitriles is 1. The number of benzene rings is 2. The summed E-state index contributed by atoms with van der Waals surface area (Å²) < 4.78 is 1.33. The second kappa shape index (κ2) is 8.05. The lowest BCUT2D eigenvalue weighted by Crippen LogP contribution is -2.14. The third-order valence-corrected chi connectivity index (χ3v) is 4.43. The highest BCUT2D eigenvalue weighted by molar-refractivity contribution is 9.11. The van der Waals surface area contributed by atoms with E-state index in [-0.39, 0.29) is 11.3 Å². The molecule has 0 spiro atoms. The lowest BCUT2D eigenvalue weighted by Gasteiger charge is -2.10. The van der Waals surface area contributed by atoms with E-state index in [9.17, 15) is 20.2 Å². The van der Waals surface area contributed by atoms with Crippen LogP contribution in [0.4, 0.5) is 11.4 Å². The van der Waals surface area contributed by atoms with Crippen molar-refractivity contribution in [3.8, 4) is 6.07 Å². The van der Waals surface area contributed by atoms with Crippen LogP contribution in [0.25, 0.3) is 6.08 Å². The van der Waals surface area contributed by atoms with Gasteiger partial charge in [0.2, 0.25) is 0 Å². The van der Waals surface area contributed by atoms with Gasteiger partial charge in [-0.2, -0.15) is 5.26 Å². The minimum Gasteiger partial charge on any atom is -0.319 e. The Bertz CT molecular complexity index is 910. The van der Waals surface area contributed by atoms with Crippen molar-refractivity contribution in [3.05, 3.63) is 72.2 Å². The van der Waals surface area contributed by atoms with Crippen molar-refractivity contribution >= 4 is 55.2 Å². The summed E-state index contributed by atoms with van der Waals surface area (Å²) in [5.41, 5.74) is 1.60. The van der Waals surface area contributed by atoms with E-state index in [4.69, 9.17) is 0 Å². The number of non-ortho nitro benzene ring substituents is 1. The van der Waals surface area contributed by atoms with Crippen molar-refractivity contribution in [2.75, 3.05) is 5.32 Å². The van der Waals surface area contributed by atoms with Gasteiger partial charge in [0, 0.05) is 21.1 Å². The molecule has 0 fully saturated rings. The highest BCUT2D eigenvalue weighted by Gasteiger charge is 2.15. The third kappa shape index (κ3) is 4.75. The third-order valence-electron chi connectivity index (χ3n) is 3.18. The predicted octanol–water partition coefficient (Wildman–Crippen LogP) is 4.97. The Kier molecular flexibility index (Phi) is 6.07. The summed E-state index contributed by atoms with van der Waals surface area (Å²) in [7, 11) is 0. The quantitative estimate of drug-likeness (QED) is 0.299. The smallest absolute Gasteiger partial charge is 0.270 e. The molecule has 0 aromatic heterocycles. The standard InChI is InChI=1S/C17H11Br2N3O3/c1-10-5-14(18)16(15(19)6-10)21-17(23)12(9-20)7-11-3-2-4-13(8-11)22(24)25/h2-8H,1H3,(H,21,23)/b12-7+. The summed E-state index contributed by atoms with van der Waals surface area (Å²) in [5, 5.41) is 22.7. The lowest BCUT2D eigenvalue weighted by molar-refractivity contribution is -0.384. The summed E-state index contributed by atoms with van der Waals surface area (Å²) in [5.74, 6) is -0.612. The van der Waals surface area contributed by atoms with Crippen LogP contribution in [0.1, 0.15) is 11.1 Å². The molecule has 0 aliphatic rings. The molecule has 8 heteroatoms. The SMILES string of the molecule is Cc1cc(Br)c(NC(=O)/C(C#N)=C/c2cccc([N+](=O)[O-])c2)c(Br)c1. The van der Waals surface area contributed by atoms with Crippen LogP contribution < -0.4 is 5.32 Å². The van der Waals surface area contributed by atoms with Crippen molar-refractivity contribution in [1.82, 2.24) is 0 Å². The van der Waals surface area contributed by atoms with Crippen molar-refractivity contribution in [1.29, 1.82) is 5.26 Å². The first-order chi connectivity index (χ1) is 11.8. The minimum absolute atomic E-state index is 0.115. The first-order valence-electron chi connectivity index (χ1n) is 6.95. The Morgan fingerprint density at radius 3 is 2.48 bits per heavy atom. The number of carbonyl (C=O) groups is 1. The van der Waals surface area contributed by atoms with Gasteiger partial charge in [0.25, 0.3) is 11.6 Å². The molecular formula is C17H11Br2N3O3. The number of nitrogens with zero attached hydrogens (tertiary/aromatic N) is 2. The van der Waals surface area contributed by atoms with Crippen molar-refractivity contribution in [3.63, 3.8) is 0 Å². The number of hydrogen-bond donors (Lipinski definition) is 1. The Morgan fingerprint density at radius 1 is 1.28 bits per heavy atom. The van der Waals surface area contributed by atoms with Gasteiger partial charge in [-0.1, -0.05) is 12.1 Å². The zero-order valence-corrected chi connectivity index (χ0v) is 16.1. The van der Waals surface area contributed by atoms with Crippen molar-refractivity contribution in [2.45, 2.75) is 6.92 Å². The highest BCUT2D eigenvalue weighted by atomic mass is 79.9. The summed E-state index contributed by atoms with van der Waals surface area (Å²) in [6.45, 7) is 1.91. The molecule has 0 aliphatic heterocycles. The molecule has 1 amide bonds. The largest absolute Gasteiger partial charge is 0.319 e. The van der Waals surface area contributed by atoms with Crippen molar-refractivity contribution in [2.24, 2.45) is 0 Å². The Morgan fingerprint density at radius 2 is 1.92 bits per heavy atom. The highest BCUT2D eigenvalue weighted by Crippen LogP contribution is 2.32. The zero-order valence-electron chi connectivity index (χ0n) is 12.9. The maximum absolute atomic E-state index is 12.4. The Balaban J connectivity index is 2.32. The summed E-state index contributed by atoms with van der Waals surface area (Å²) >= 11 is 6.74.